The molecule has 0 radical (unpaired) electrons. The molecule has 0 aliphatic carbocycles. The Labute approximate surface area is 130 Å². The van der Waals surface area contributed by atoms with Crippen LogP contribution in [0, 0.1) is 0 Å². The fourth-order valence-electron chi connectivity index (χ4n) is 2.23. The van der Waals surface area contributed by atoms with Gasteiger partial charge in [-0.1, -0.05) is 59.3 Å². The zero-order valence-corrected chi connectivity index (χ0v) is 13.8. The standard InChI is InChI=1S/C18H22BrN/c1-3-15-4-6-17(7-5-15)13-20-14(2)12-16-8-10-18(19)11-9-16/h4-11,14,20H,3,12-13H2,1-2H3. The molecule has 1 atom stereocenters. The largest absolute Gasteiger partial charge is 0.310 e. The van der Waals surface area contributed by atoms with Crippen LogP contribution in [0.25, 0.3) is 0 Å². The summed E-state index contributed by atoms with van der Waals surface area (Å²) < 4.78 is 1.14. The Morgan fingerprint density at radius 3 is 2.05 bits per heavy atom. The van der Waals surface area contributed by atoms with E-state index < -0.39 is 0 Å². The molecular formula is C18H22BrN. The molecule has 0 aliphatic rings. The van der Waals surface area contributed by atoms with Crippen molar-refractivity contribution in [2.45, 2.75) is 39.3 Å². The highest BCUT2D eigenvalue weighted by molar-refractivity contribution is 9.10. The van der Waals surface area contributed by atoms with E-state index in [9.17, 15) is 0 Å². The lowest BCUT2D eigenvalue weighted by molar-refractivity contribution is 0.545. The third-order valence-corrected chi connectivity index (χ3v) is 4.07. The molecule has 0 saturated heterocycles. The van der Waals surface area contributed by atoms with E-state index in [2.05, 4.69) is 83.6 Å². The first-order valence-electron chi connectivity index (χ1n) is 7.23. The van der Waals surface area contributed by atoms with Gasteiger partial charge in [-0.15, -0.1) is 0 Å². The summed E-state index contributed by atoms with van der Waals surface area (Å²) in [6.45, 7) is 5.36. The van der Waals surface area contributed by atoms with Crippen molar-refractivity contribution < 1.29 is 0 Å². The van der Waals surface area contributed by atoms with Gasteiger partial charge in [-0.05, 0) is 48.6 Å². The predicted molar refractivity (Wildman–Crippen MR) is 90.0 cm³/mol. The molecule has 1 N–H and O–H groups in total. The number of nitrogens with one attached hydrogen (secondary N) is 1. The van der Waals surface area contributed by atoms with E-state index in [1.807, 2.05) is 0 Å². The van der Waals surface area contributed by atoms with Crippen molar-refractivity contribution in [2.75, 3.05) is 0 Å². The van der Waals surface area contributed by atoms with Crippen LogP contribution in [0.2, 0.25) is 0 Å². The molecule has 20 heavy (non-hydrogen) atoms. The van der Waals surface area contributed by atoms with Gasteiger partial charge in [0, 0.05) is 17.1 Å². The molecule has 2 aromatic carbocycles. The van der Waals surface area contributed by atoms with Gasteiger partial charge in [0.1, 0.15) is 0 Å². The van der Waals surface area contributed by atoms with Crippen molar-refractivity contribution in [1.82, 2.24) is 5.32 Å². The highest BCUT2D eigenvalue weighted by atomic mass is 79.9. The zero-order chi connectivity index (χ0) is 14.4. The normalized spacial score (nSPS) is 12.3. The average molecular weight is 332 g/mol. The first-order valence-corrected chi connectivity index (χ1v) is 8.02. The van der Waals surface area contributed by atoms with Crippen molar-refractivity contribution in [2.24, 2.45) is 0 Å². The molecule has 0 bridgehead atoms. The van der Waals surface area contributed by atoms with Crippen LogP contribution in [0.1, 0.15) is 30.5 Å². The highest BCUT2D eigenvalue weighted by Crippen LogP contribution is 2.12. The second-order valence-corrected chi connectivity index (χ2v) is 6.20. The minimum absolute atomic E-state index is 0.474. The highest BCUT2D eigenvalue weighted by Gasteiger charge is 2.03. The molecule has 2 rings (SSSR count). The van der Waals surface area contributed by atoms with Crippen LogP contribution in [0.3, 0.4) is 0 Å². The van der Waals surface area contributed by atoms with E-state index in [1.54, 1.807) is 0 Å². The molecule has 0 aliphatic heterocycles. The molecule has 1 unspecified atom stereocenters. The van der Waals surface area contributed by atoms with Crippen LogP contribution in [0.15, 0.2) is 53.0 Å². The van der Waals surface area contributed by atoms with Crippen LogP contribution in [0.4, 0.5) is 0 Å². The van der Waals surface area contributed by atoms with Gasteiger partial charge in [-0.2, -0.15) is 0 Å². The first-order chi connectivity index (χ1) is 9.67. The minimum atomic E-state index is 0.474. The predicted octanol–water partition coefficient (Wildman–Crippen LogP) is 4.73. The third kappa shape index (κ3) is 4.77. The van der Waals surface area contributed by atoms with Gasteiger partial charge in [0.15, 0.2) is 0 Å². The Morgan fingerprint density at radius 1 is 0.900 bits per heavy atom. The van der Waals surface area contributed by atoms with Crippen molar-refractivity contribution in [3.05, 3.63) is 69.7 Å². The van der Waals surface area contributed by atoms with Gasteiger partial charge in [-0.3, -0.25) is 0 Å². The van der Waals surface area contributed by atoms with Crippen LogP contribution in [-0.4, -0.2) is 6.04 Å². The summed E-state index contributed by atoms with van der Waals surface area (Å²) in [6, 6.07) is 17.9. The summed E-state index contributed by atoms with van der Waals surface area (Å²) in [5.41, 5.74) is 4.12. The zero-order valence-electron chi connectivity index (χ0n) is 12.2. The average Bonchev–Trinajstić information content (AvgIpc) is 2.48. The van der Waals surface area contributed by atoms with Gasteiger partial charge in [0.25, 0.3) is 0 Å². The van der Waals surface area contributed by atoms with Gasteiger partial charge in [0.2, 0.25) is 0 Å². The fraction of sp³-hybridized carbons (Fsp3) is 0.333. The molecule has 0 aromatic heterocycles. The maximum atomic E-state index is 3.59. The number of rotatable bonds is 6. The fourth-order valence-corrected chi connectivity index (χ4v) is 2.50. The van der Waals surface area contributed by atoms with E-state index in [1.165, 1.54) is 16.7 Å². The summed E-state index contributed by atoms with van der Waals surface area (Å²) in [7, 11) is 0. The molecule has 0 heterocycles. The second-order valence-electron chi connectivity index (χ2n) is 5.28. The molecule has 0 spiro atoms. The van der Waals surface area contributed by atoms with Crippen molar-refractivity contribution in [3.63, 3.8) is 0 Å². The maximum absolute atomic E-state index is 3.59. The summed E-state index contributed by atoms with van der Waals surface area (Å²) in [5, 5.41) is 3.59. The SMILES string of the molecule is CCc1ccc(CNC(C)Cc2ccc(Br)cc2)cc1. The minimum Gasteiger partial charge on any atom is -0.310 e. The number of benzene rings is 2. The number of hydrogen-bond donors (Lipinski definition) is 1. The molecule has 106 valence electrons. The lowest BCUT2D eigenvalue weighted by Crippen LogP contribution is -2.27. The first kappa shape index (κ1) is 15.3. The summed E-state index contributed by atoms with van der Waals surface area (Å²) in [4.78, 5) is 0. The molecule has 1 nitrogen and oxygen atoms in total. The Balaban J connectivity index is 1.82. The molecule has 2 heteroatoms. The lowest BCUT2D eigenvalue weighted by atomic mass is 10.1. The number of aryl methyl sites for hydroxylation is 1. The van der Waals surface area contributed by atoms with Crippen molar-refractivity contribution in [1.29, 1.82) is 0 Å². The topological polar surface area (TPSA) is 12.0 Å². The van der Waals surface area contributed by atoms with E-state index in [0.717, 1.165) is 23.9 Å². The smallest absolute Gasteiger partial charge is 0.0208 e. The molecule has 2 aromatic rings. The van der Waals surface area contributed by atoms with E-state index >= 15 is 0 Å². The van der Waals surface area contributed by atoms with Gasteiger partial charge in [-0.25, -0.2) is 0 Å². The van der Waals surface area contributed by atoms with E-state index in [4.69, 9.17) is 0 Å². The molecule has 0 amide bonds. The van der Waals surface area contributed by atoms with Crippen LogP contribution in [-0.2, 0) is 19.4 Å². The molecular weight excluding hydrogens is 310 g/mol. The third-order valence-electron chi connectivity index (χ3n) is 3.54. The Bertz CT molecular complexity index is 516. The summed E-state index contributed by atoms with van der Waals surface area (Å²) >= 11 is 3.47. The van der Waals surface area contributed by atoms with Crippen LogP contribution >= 0.6 is 15.9 Å². The number of hydrogen-bond acceptors (Lipinski definition) is 1. The van der Waals surface area contributed by atoms with E-state index in [-0.39, 0.29) is 0 Å². The Hall–Kier alpha value is -1.12. The van der Waals surface area contributed by atoms with Gasteiger partial charge < -0.3 is 5.32 Å². The molecule has 0 saturated carbocycles. The number of halogens is 1. The molecule has 0 fully saturated rings. The quantitative estimate of drug-likeness (QED) is 0.806. The monoisotopic (exact) mass is 331 g/mol. The van der Waals surface area contributed by atoms with Gasteiger partial charge in [0.05, 0.1) is 0 Å². The Morgan fingerprint density at radius 2 is 1.45 bits per heavy atom. The summed E-state index contributed by atoms with van der Waals surface area (Å²) in [5.74, 6) is 0. The second kappa shape index (κ2) is 7.61. The van der Waals surface area contributed by atoms with Gasteiger partial charge >= 0.3 is 0 Å². The van der Waals surface area contributed by atoms with Crippen molar-refractivity contribution in [3.8, 4) is 0 Å². The van der Waals surface area contributed by atoms with Crippen LogP contribution < -0.4 is 5.32 Å². The van der Waals surface area contributed by atoms with Crippen LogP contribution in [0.5, 0.6) is 0 Å². The van der Waals surface area contributed by atoms with E-state index in [0.29, 0.717) is 6.04 Å². The van der Waals surface area contributed by atoms with Crippen molar-refractivity contribution >= 4 is 15.9 Å². The Kier molecular flexibility index (Phi) is 5.81. The maximum Gasteiger partial charge on any atom is 0.0208 e. The lowest BCUT2D eigenvalue weighted by Gasteiger charge is -2.14. The summed E-state index contributed by atoms with van der Waals surface area (Å²) in [6.07, 6.45) is 2.16.